The molecule has 3 N–H and O–H groups in total. The molecule has 0 spiro atoms. The molecule has 5 heteroatoms. The molecule has 1 saturated carbocycles. The second-order valence-corrected chi connectivity index (χ2v) is 5.79. The summed E-state index contributed by atoms with van der Waals surface area (Å²) in [5, 5.41) is 9.87. The van der Waals surface area contributed by atoms with Crippen molar-refractivity contribution in [1.82, 2.24) is 4.90 Å². The number of ether oxygens (including phenoxy) is 1. The largest absolute Gasteiger partial charge is 0.507 e. The first-order valence-corrected chi connectivity index (χ1v) is 8.10. The van der Waals surface area contributed by atoms with Gasteiger partial charge in [0.1, 0.15) is 17.4 Å². The Hall–Kier alpha value is -1.75. The summed E-state index contributed by atoms with van der Waals surface area (Å²) >= 11 is 0. The van der Waals surface area contributed by atoms with Crippen molar-refractivity contribution in [1.29, 1.82) is 0 Å². The quantitative estimate of drug-likeness (QED) is 0.646. The van der Waals surface area contributed by atoms with Crippen molar-refractivity contribution in [3.63, 3.8) is 0 Å². The fourth-order valence-electron chi connectivity index (χ4n) is 3.25. The van der Waals surface area contributed by atoms with Gasteiger partial charge in [0.25, 0.3) is 0 Å². The molecule has 1 aromatic carbocycles. The van der Waals surface area contributed by atoms with E-state index < -0.39 is 5.97 Å². The van der Waals surface area contributed by atoms with Crippen LogP contribution in [-0.2, 0) is 4.74 Å². The molecular formula is C17H26N2O3. The number of nitrogens with zero attached hydrogens (tertiary/aromatic N) is 1. The van der Waals surface area contributed by atoms with Gasteiger partial charge in [-0.2, -0.15) is 0 Å². The topological polar surface area (TPSA) is 75.8 Å². The maximum Gasteiger partial charge on any atom is 0.342 e. The average Bonchev–Trinajstić information content (AvgIpc) is 2.50. The third kappa shape index (κ3) is 3.71. The molecule has 1 aliphatic carbocycles. The van der Waals surface area contributed by atoms with Gasteiger partial charge in [-0.1, -0.05) is 20.3 Å². The summed E-state index contributed by atoms with van der Waals surface area (Å²) in [5.74, 6) is -0.596. The van der Waals surface area contributed by atoms with Gasteiger partial charge in [-0.15, -0.1) is 0 Å². The molecular weight excluding hydrogens is 280 g/mol. The van der Waals surface area contributed by atoms with Crippen LogP contribution in [0.1, 0.15) is 49.9 Å². The fourth-order valence-corrected chi connectivity index (χ4v) is 3.25. The first kappa shape index (κ1) is 16.6. The molecule has 22 heavy (non-hydrogen) atoms. The van der Waals surface area contributed by atoms with Crippen molar-refractivity contribution in [3.8, 4) is 5.75 Å². The van der Waals surface area contributed by atoms with Crippen LogP contribution in [0, 0.1) is 0 Å². The summed E-state index contributed by atoms with van der Waals surface area (Å²) in [6, 6.07) is 4.75. The maximum atomic E-state index is 12.3. The Kier molecular flexibility index (Phi) is 5.66. The van der Waals surface area contributed by atoms with Crippen molar-refractivity contribution in [2.45, 2.75) is 51.7 Å². The Balaban J connectivity index is 2.10. The number of aromatic hydroxyl groups is 1. The minimum Gasteiger partial charge on any atom is -0.507 e. The fraction of sp³-hybridized carbons (Fsp3) is 0.588. The number of esters is 1. The van der Waals surface area contributed by atoms with E-state index in [0.717, 1.165) is 32.4 Å². The first-order valence-electron chi connectivity index (χ1n) is 8.10. The zero-order chi connectivity index (χ0) is 16.1. The summed E-state index contributed by atoms with van der Waals surface area (Å²) in [5.41, 5.74) is 6.19. The van der Waals surface area contributed by atoms with Gasteiger partial charge in [-0.05, 0) is 44.5 Å². The Bertz CT molecular complexity index is 515. The predicted molar refractivity (Wildman–Crippen MR) is 86.9 cm³/mol. The SMILES string of the molecule is CCN(CC)C1CCCCC1OC(=O)c1ccc(N)cc1O. The van der Waals surface area contributed by atoms with E-state index in [1.807, 2.05) is 0 Å². The van der Waals surface area contributed by atoms with Crippen LogP contribution >= 0.6 is 0 Å². The zero-order valence-corrected chi connectivity index (χ0v) is 13.4. The van der Waals surface area contributed by atoms with Crippen LogP contribution in [-0.4, -0.2) is 41.2 Å². The van der Waals surface area contributed by atoms with E-state index in [4.69, 9.17) is 10.5 Å². The summed E-state index contributed by atoms with van der Waals surface area (Å²) in [6.45, 7) is 6.15. The summed E-state index contributed by atoms with van der Waals surface area (Å²) < 4.78 is 5.71. The summed E-state index contributed by atoms with van der Waals surface area (Å²) in [7, 11) is 0. The van der Waals surface area contributed by atoms with E-state index in [-0.39, 0.29) is 23.5 Å². The maximum absolute atomic E-state index is 12.3. The molecule has 0 amide bonds. The van der Waals surface area contributed by atoms with Gasteiger partial charge in [-0.25, -0.2) is 4.79 Å². The number of phenols is 1. The van der Waals surface area contributed by atoms with E-state index in [1.54, 1.807) is 6.07 Å². The molecule has 0 radical (unpaired) electrons. The van der Waals surface area contributed by atoms with Crippen LogP contribution in [0.2, 0.25) is 0 Å². The molecule has 5 nitrogen and oxygen atoms in total. The summed E-state index contributed by atoms with van der Waals surface area (Å²) in [4.78, 5) is 14.7. The number of carbonyl (C=O) groups excluding carboxylic acids is 1. The smallest absolute Gasteiger partial charge is 0.342 e. The highest BCUT2D eigenvalue weighted by Crippen LogP contribution is 2.28. The highest BCUT2D eigenvalue weighted by atomic mass is 16.5. The van der Waals surface area contributed by atoms with Crippen LogP contribution in [0.4, 0.5) is 5.69 Å². The van der Waals surface area contributed by atoms with Gasteiger partial charge in [0.05, 0.1) is 0 Å². The lowest BCUT2D eigenvalue weighted by Crippen LogP contribution is -2.47. The van der Waals surface area contributed by atoms with Crippen LogP contribution in [0.25, 0.3) is 0 Å². The number of nitrogens with two attached hydrogens (primary N) is 1. The van der Waals surface area contributed by atoms with Crippen LogP contribution < -0.4 is 5.73 Å². The molecule has 0 saturated heterocycles. The molecule has 122 valence electrons. The number of phenolic OH excluding ortho intramolecular Hbond substituents is 1. The number of anilines is 1. The molecule has 2 unspecified atom stereocenters. The molecule has 0 heterocycles. The van der Waals surface area contributed by atoms with Crippen molar-refractivity contribution in [3.05, 3.63) is 23.8 Å². The number of likely N-dealkylation sites (N-methyl/N-ethyl adjacent to an activating group) is 1. The molecule has 1 aromatic rings. The third-order valence-electron chi connectivity index (χ3n) is 4.45. The standard InChI is InChI=1S/C17H26N2O3/c1-3-19(4-2)14-7-5-6-8-16(14)22-17(21)13-10-9-12(18)11-15(13)20/h9-11,14,16,20H,3-8,18H2,1-2H3. The van der Waals surface area contributed by atoms with Gasteiger partial charge in [0, 0.05) is 17.8 Å². The molecule has 1 aliphatic rings. The first-order chi connectivity index (χ1) is 10.6. The molecule has 2 rings (SSSR count). The minimum atomic E-state index is -0.471. The predicted octanol–water partition coefficient (Wildman–Crippen LogP) is 2.78. The lowest BCUT2D eigenvalue weighted by Gasteiger charge is -2.38. The van der Waals surface area contributed by atoms with Crippen LogP contribution in [0.3, 0.4) is 0 Å². The Morgan fingerprint density at radius 3 is 2.64 bits per heavy atom. The number of hydrogen-bond acceptors (Lipinski definition) is 5. The van der Waals surface area contributed by atoms with Crippen LogP contribution in [0.15, 0.2) is 18.2 Å². The molecule has 1 fully saturated rings. The van der Waals surface area contributed by atoms with E-state index in [9.17, 15) is 9.90 Å². The molecule has 0 aliphatic heterocycles. The number of rotatable bonds is 5. The number of nitrogen functional groups attached to an aromatic ring is 1. The lowest BCUT2D eigenvalue weighted by atomic mass is 9.91. The second-order valence-electron chi connectivity index (χ2n) is 5.79. The van der Waals surface area contributed by atoms with Gasteiger partial charge < -0.3 is 15.6 Å². The van der Waals surface area contributed by atoms with Crippen molar-refractivity contribution >= 4 is 11.7 Å². The average molecular weight is 306 g/mol. The van der Waals surface area contributed by atoms with Crippen molar-refractivity contribution < 1.29 is 14.6 Å². The number of hydrogen-bond donors (Lipinski definition) is 2. The highest BCUT2D eigenvalue weighted by molar-refractivity contribution is 5.93. The van der Waals surface area contributed by atoms with Crippen LogP contribution in [0.5, 0.6) is 5.75 Å². The number of benzene rings is 1. The second kappa shape index (κ2) is 7.49. The van der Waals surface area contributed by atoms with Crippen molar-refractivity contribution in [2.75, 3.05) is 18.8 Å². The Morgan fingerprint density at radius 1 is 1.32 bits per heavy atom. The van der Waals surface area contributed by atoms with E-state index in [2.05, 4.69) is 18.7 Å². The van der Waals surface area contributed by atoms with E-state index >= 15 is 0 Å². The Morgan fingerprint density at radius 2 is 2.00 bits per heavy atom. The van der Waals surface area contributed by atoms with E-state index in [0.29, 0.717) is 5.69 Å². The normalized spacial score (nSPS) is 21.8. The third-order valence-corrected chi connectivity index (χ3v) is 4.45. The highest BCUT2D eigenvalue weighted by Gasteiger charge is 2.32. The summed E-state index contributed by atoms with van der Waals surface area (Å²) in [6.07, 6.45) is 4.06. The lowest BCUT2D eigenvalue weighted by molar-refractivity contribution is -0.0157. The Labute approximate surface area is 132 Å². The molecule has 2 atom stereocenters. The zero-order valence-electron chi connectivity index (χ0n) is 13.4. The molecule has 0 aromatic heterocycles. The molecule has 0 bridgehead atoms. The van der Waals surface area contributed by atoms with E-state index in [1.165, 1.54) is 18.6 Å². The number of carbonyl (C=O) groups is 1. The van der Waals surface area contributed by atoms with Gasteiger partial charge >= 0.3 is 5.97 Å². The minimum absolute atomic E-state index is 0.113. The van der Waals surface area contributed by atoms with Gasteiger partial charge in [-0.3, -0.25) is 4.90 Å². The monoisotopic (exact) mass is 306 g/mol. The van der Waals surface area contributed by atoms with Gasteiger partial charge in [0.15, 0.2) is 0 Å². The van der Waals surface area contributed by atoms with Crippen molar-refractivity contribution in [2.24, 2.45) is 0 Å². The van der Waals surface area contributed by atoms with Gasteiger partial charge in [0.2, 0.25) is 0 Å².